The molecule has 0 aromatic heterocycles. The number of carbonyl (C=O) groups is 1. The molecular formula is C9H16INO2. The van der Waals surface area contributed by atoms with Gasteiger partial charge in [-0.05, 0) is 18.8 Å². The number of aliphatic hydroxyl groups is 1. The summed E-state index contributed by atoms with van der Waals surface area (Å²) in [4.78, 5) is 12.9. The molecular weight excluding hydrogens is 281 g/mol. The van der Waals surface area contributed by atoms with Gasteiger partial charge in [0.05, 0.1) is 0 Å². The highest BCUT2D eigenvalue weighted by molar-refractivity contribution is 14.1. The van der Waals surface area contributed by atoms with Gasteiger partial charge in [-0.25, -0.2) is 0 Å². The van der Waals surface area contributed by atoms with E-state index in [0.29, 0.717) is 3.92 Å². The standard InChI is InChI=1S/C9H16INO2/c1-7(10)8-2-4-11(5-3-8)9(13)6-12/h7-8,12H,2-6H2,1H3/t7-/m1/s1. The molecule has 4 heteroatoms. The molecule has 0 unspecified atom stereocenters. The van der Waals surface area contributed by atoms with Crippen LogP contribution in [0.2, 0.25) is 0 Å². The second-order valence-corrected chi connectivity index (χ2v) is 5.52. The minimum atomic E-state index is -0.343. The van der Waals surface area contributed by atoms with Gasteiger partial charge in [0.1, 0.15) is 6.61 Å². The maximum Gasteiger partial charge on any atom is 0.248 e. The molecule has 0 aromatic carbocycles. The Morgan fingerprint density at radius 1 is 1.62 bits per heavy atom. The molecule has 1 aliphatic rings. The van der Waals surface area contributed by atoms with Crippen LogP contribution in [0, 0.1) is 5.92 Å². The fourth-order valence-corrected chi connectivity index (χ4v) is 2.43. The summed E-state index contributed by atoms with van der Waals surface area (Å²) in [5.41, 5.74) is 0. The number of alkyl halides is 1. The van der Waals surface area contributed by atoms with Crippen LogP contribution in [0.5, 0.6) is 0 Å². The smallest absolute Gasteiger partial charge is 0.248 e. The van der Waals surface area contributed by atoms with Crippen LogP contribution in [-0.4, -0.2) is 39.5 Å². The number of amides is 1. The number of carbonyl (C=O) groups excluding carboxylic acids is 1. The Bertz CT molecular complexity index is 176. The molecule has 1 fully saturated rings. The minimum absolute atomic E-state index is 0.125. The summed E-state index contributed by atoms with van der Waals surface area (Å²) in [7, 11) is 0. The first kappa shape index (κ1) is 11.2. The topological polar surface area (TPSA) is 40.5 Å². The van der Waals surface area contributed by atoms with Crippen molar-refractivity contribution < 1.29 is 9.90 Å². The molecule has 0 radical (unpaired) electrons. The normalized spacial score (nSPS) is 21.6. The van der Waals surface area contributed by atoms with Gasteiger partial charge >= 0.3 is 0 Å². The van der Waals surface area contributed by atoms with E-state index >= 15 is 0 Å². The Kier molecular flexibility index (Phi) is 4.45. The summed E-state index contributed by atoms with van der Waals surface area (Å²) in [5.74, 6) is 0.614. The Morgan fingerprint density at radius 3 is 2.54 bits per heavy atom. The van der Waals surface area contributed by atoms with E-state index in [2.05, 4.69) is 29.5 Å². The van der Waals surface area contributed by atoms with Crippen molar-refractivity contribution in [2.24, 2.45) is 5.92 Å². The Balaban J connectivity index is 2.34. The molecule has 1 amide bonds. The van der Waals surface area contributed by atoms with E-state index in [1.807, 2.05) is 0 Å². The lowest BCUT2D eigenvalue weighted by molar-refractivity contribution is -0.135. The first-order valence-electron chi connectivity index (χ1n) is 4.68. The second-order valence-electron chi connectivity index (χ2n) is 3.55. The van der Waals surface area contributed by atoms with Gasteiger partial charge in [0.2, 0.25) is 5.91 Å². The number of hydrogen-bond donors (Lipinski definition) is 1. The predicted octanol–water partition coefficient (Wildman–Crippen LogP) is 1.04. The van der Waals surface area contributed by atoms with Gasteiger partial charge in [-0.2, -0.15) is 0 Å². The molecule has 1 rings (SSSR count). The second kappa shape index (κ2) is 5.14. The minimum Gasteiger partial charge on any atom is -0.387 e. The van der Waals surface area contributed by atoms with Crippen LogP contribution in [0.4, 0.5) is 0 Å². The lowest BCUT2D eigenvalue weighted by atomic mass is 9.94. The van der Waals surface area contributed by atoms with Crippen LogP contribution < -0.4 is 0 Å². The average molecular weight is 297 g/mol. The van der Waals surface area contributed by atoms with Crippen molar-refractivity contribution in [3.63, 3.8) is 0 Å². The van der Waals surface area contributed by atoms with Crippen LogP contribution in [0.15, 0.2) is 0 Å². The number of likely N-dealkylation sites (tertiary alicyclic amines) is 1. The Hall–Kier alpha value is 0.160. The number of aliphatic hydroxyl groups excluding tert-OH is 1. The molecule has 0 bridgehead atoms. The van der Waals surface area contributed by atoms with E-state index in [1.54, 1.807) is 4.90 Å². The van der Waals surface area contributed by atoms with Gasteiger partial charge in [0, 0.05) is 17.0 Å². The third kappa shape index (κ3) is 3.09. The highest BCUT2D eigenvalue weighted by atomic mass is 127. The lowest BCUT2D eigenvalue weighted by Crippen LogP contribution is -2.41. The highest BCUT2D eigenvalue weighted by Crippen LogP contribution is 2.25. The van der Waals surface area contributed by atoms with Crippen LogP contribution >= 0.6 is 22.6 Å². The zero-order valence-electron chi connectivity index (χ0n) is 7.87. The summed E-state index contributed by atoms with van der Waals surface area (Å²) < 4.78 is 0.684. The molecule has 1 saturated heterocycles. The maximum atomic E-state index is 11.1. The molecule has 1 aliphatic heterocycles. The predicted molar refractivity (Wildman–Crippen MR) is 59.9 cm³/mol. The number of nitrogens with zero attached hydrogens (tertiary/aromatic N) is 1. The average Bonchev–Trinajstić information content (AvgIpc) is 2.17. The van der Waals surface area contributed by atoms with E-state index in [9.17, 15) is 4.79 Å². The van der Waals surface area contributed by atoms with Gasteiger partial charge in [-0.3, -0.25) is 4.79 Å². The maximum absolute atomic E-state index is 11.1. The quantitative estimate of drug-likeness (QED) is 0.611. The van der Waals surface area contributed by atoms with Gasteiger partial charge in [-0.1, -0.05) is 29.5 Å². The number of rotatable bonds is 2. The highest BCUT2D eigenvalue weighted by Gasteiger charge is 2.24. The van der Waals surface area contributed by atoms with Gasteiger partial charge in [0.25, 0.3) is 0 Å². The summed E-state index contributed by atoms with van der Waals surface area (Å²) in [6.07, 6.45) is 2.16. The molecule has 1 N–H and O–H groups in total. The monoisotopic (exact) mass is 297 g/mol. The van der Waals surface area contributed by atoms with Crippen LogP contribution in [0.1, 0.15) is 19.8 Å². The number of halogens is 1. The summed E-state index contributed by atoms with van der Waals surface area (Å²) in [6, 6.07) is 0. The van der Waals surface area contributed by atoms with E-state index in [4.69, 9.17) is 5.11 Å². The molecule has 0 saturated carbocycles. The number of piperidine rings is 1. The molecule has 0 spiro atoms. The van der Waals surface area contributed by atoms with Crippen LogP contribution in [0.25, 0.3) is 0 Å². The zero-order valence-corrected chi connectivity index (χ0v) is 10.0. The Labute approximate surface area is 92.6 Å². The van der Waals surface area contributed by atoms with Gasteiger partial charge in [-0.15, -0.1) is 0 Å². The summed E-state index contributed by atoms with van der Waals surface area (Å²) in [6.45, 7) is 3.51. The summed E-state index contributed by atoms with van der Waals surface area (Å²) in [5, 5.41) is 8.67. The molecule has 13 heavy (non-hydrogen) atoms. The summed E-state index contributed by atoms with van der Waals surface area (Å²) >= 11 is 2.44. The van der Waals surface area contributed by atoms with Crippen molar-refractivity contribution in [1.29, 1.82) is 0 Å². The molecule has 76 valence electrons. The largest absolute Gasteiger partial charge is 0.387 e. The fourth-order valence-electron chi connectivity index (χ4n) is 1.71. The van der Waals surface area contributed by atoms with Crippen molar-refractivity contribution >= 4 is 28.5 Å². The van der Waals surface area contributed by atoms with Crippen molar-refractivity contribution in [3.8, 4) is 0 Å². The van der Waals surface area contributed by atoms with E-state index in [0.717, 1.165) is 31.8 Å². The zero-order chi connectivity index (χ0) is 9.84. The third-order valence-corrected chi connectivity index (χ3v) is 3.69. The molecule has 3 nitrogen and oxygen atoms in total. The molecule has 1 atom stereocenters. The van der Waals surface area contributed by atoms with E-state index in [1.165, 1.54) is 0 Å². The van der Waals surface area contributed by atoms with Crippen molar-refractivity contribution in [3.05, 3.63) is 0 Å². The third-order valence-electron chi connectivity index (χ3n) is 2.68. The van der Waals surface area contributed by atoms with Gasteiger partial charge in [0.15, 0.2) is 0 Å². The van der Waals surface area contributed by atoms with Gasteiger partial charge < -0.3 is 10.0 Å². The van der Waals surface area contributed by atoms with Crippen molar-refractivity contribution in [2.45, 2.75) is 23.7 Å². The van der Waals surface area contributed by atoms with Crippen molar-refractivity contribution in [1.82, 2.24) is 4.90 Å². The van der Waals surface area contributed by atoms with Crippen LogP contribution in [-0.2, 0) is 4.79 Å². The molecule has 1 heterocycles. The first-order valence-corrected chi connectivity index (χ1v) is 5.92. The fraction of sp³-hybridized carbons (Fsp3) is 0.889. The lowest BCUT2D eigenvalue weighted by Gasteiger charge is -2.32. The molecule has 0 aromatic rings. The van der Waals surface area contributed by atoms with Crippen LogP contribution in [0.3, 0.4) is 0 Å². The van der Waals surface area contributed by atoms with E-state index < -0.39 is 0 Å². The Morgan fingerprint density at radius 2 is 2.15 bits per heavy atom. The van der Waals surface area contributed by atoms with Crippen molar-refractivity contribution in [2.75, 3.05) is 19.7 Å². The first-order chi connectivity index (χ1) is 6.15. The number of hydrogen-bond acceptors (Lipinski definition) is 2. The molecule has 0 aliphatic carbocycles. The van der Waals surface area contributed by atoms with E-state index in [-0.39, 0.29) is 12.5 Å². The SMILES string of the molecule is C[C@@H](I)C1CCN(C(=O)CO)CC1.